The lowest BCUT2D eigenvalue weighted by molar-refractivity contribution is -0.109. The summed E-state index contributed by atoms with van der Waals surface area (Å²) in [4.78, 5) is 15.5. The highest BCUT2D eigenvalue weighted by molar-refractivity contribution is 6.33. The van der Waals surface area contributed by atoms with E-state index in [1.54, 1.807) is 0 Å². The Morgan fingerprint density at radius 1 is 1.20 bits per heavy atom. The molecule has 0 aliphatic heterocycles. The number of rotatable bonds is 11. The van der Waals surface area contributed by atoms with Crippen LogP contribution in [-0.2, 0) is 16.6 Å². The molecule has 7 rings (SSSR count). The van der Waals surface area contributed by atoms with Gasteiger partial charge in [0.15, 0.2) is 11.6 Å². The number of hydrogen-bond donors (Lipinski definition) is 2. The number of nitrogens with one attached hydrogen (secondary N) is 1. The Balaban J connectivity index is 0.000000173. The van der Waals surface area contributed by atoms with Gasteiger partial charge in [-0.25, -0.2) is 13.3 Å². The quantitative estimate of drug-likeness (QED) is 0.144. The van der Waals surface area contributed by atoms with Crippen molar-refractivity contribution in [1.82, 2.24) is 19.9 Å². The number of hydrogen-bond acceptors (Lipinski definition) is 5. The molecule has 10 heteroatoms. The summed E-state index contributed by atoms with van der Waals surface area (Å²) in [5.74, 6) is -0.771. The number of aliphatic hydroxyl groups excluding tert-OH is 1. The summed E-state index contributed by atoms with van der Waals surface area (Å²) >= 11 is 6.08. The Morgan fingerprint density at radius 3 is 2.64 bits per heavy atom. The molecular formula is C34H37ClF2N4O3. The summed E-state index contributed by atoms with van der Waals surface area (Å²) in [5, 5.41) is 16.9. The SMILES string of the molecule is CC1(CO)c2cc(C(CNC=O)C3CC3)nc(-c3ccc(F)c(F)c3Cl)c21.CCCc1cc2cc(C)cc(OC3CC3)n2n1. The third-order valence-corrected chi connectivity index (χ3v) is 9.13. The second-order valence-corrected chi connectivity index (χ2v) is 12.8. The fraction of sp³-hybridized carbons (Fsp3) is 0.441. The smallest absolute Gasteiger partial charge is 0.215 e. The van der Waals surface area contributed by atoms with Gasteiger partial charge in [-0.2, -0.15) is 5.10 Å². The van der Waals surface area contributed by atoms with Crippen molar-refractivity contribution in [3.63, 3.8) is 0 Å². The summed E-state index contributed by atoms with van der Waals surface area (Å²) in [5.41, 5.74) is 6.25. The Labute approximate surface area is 260 Å². The molecule has 2 saturated carbocycles. The zero-order valence-corrected chi connectivity index (χ0v) is 25.9. The normalized spacial score (nSPS) is 19.2. The third-order valence-electron chi connectivity index (χ3n) is 8.76. The molecule has 7 nitrogen and oxygen atoms in total. The first-order chi connectivity index (χ1) is 21.2. The van der Waals surface area contributed by atoms with E-state index in [-0.39, 0.29) is 17.5 Å². The first kappa shape index (κ1) is 30.5. The highest BCUT2D eigenvalue weighted by Gasteiger charge is 2.50. The molecule has 3 heterocycles. The van der Waals surface area contributed by atoms with E-state index in [9.17, 15) is 18.7 Å². The van der Waals surface area contributed by atoms with Crippen LogP contribution in [0.25, 0.3) is 16.8 Å². The van der Waals surface area contributed by atoms with Crippen LogP contribution < -0.4 is 10.1 Å². The Kier molecular flexibility index (Phi) is 8.37. The molecule has 1 aromatic carbocycles. The Bertz CT molecular complexity index is 1720. The highest BCUT2D eigenvalue weighted by Crippen LogP contribution is 2.56. The van der Waals surface area contributed by atoms with E-state index in [0.717, 1.165) is 65.7 Å². The van der Waals surface area contributed by atoms with Crippen LogP contribution in [0.5, 0.6) is 5.88 Å². The average molecular weight is 623 g/mol. The number of aromatic nitrogens is 3. The topological polar surface area (TPSA) is 88.8 Å². The van der Waals surface area contributed by atoms with Gasteiger partial charge in [-0.1, -0.05) is 24.9 Å². The minimum atomic E-state index is -1.11. The number of aryl methyl sites for hydroxylation is 2. The van der Waals surface area contributed by atoms with Crippen molar-refractivity contribution in [1.29, 1.82) is 0 Å². The van der Waals surface area contributed by atoms with Gasteiger partial charge in [0.2, 0.25) is 12.3 Å². The number of aliphatic hydroxyl groups is 1. The first-order valence-electron chi connectivity index (χ1n) is 15.3. The minimum Gasteiger partial charge on any atom is -0.474 e. The van der Waals surface area contributed by atoms with E-state index in [0.29, 0.717) is 36.2 Å². The van der Waals surface area contributed by atoms with Gasteiger partial charge < -0.3 is 15.2 Å². The van der Waals surface area contributed by atoms with Crippen molar-refractivity contribution < 1.29 is 23.4 Å². The predicted octanol–water partition coefficient (Wildman–Crippen LogP) is 6.67. The van der Waals surface area contributed by atoms with Crippen LogP contribution in [0.3, 0.4) is 0 Å². The molecule has 1 amide bonds. The second kappa shape index (κ2) is 12.1. The van der Waals surface area contributed by atoms with Crippen molar-refractivity contribution in [2.24, 2.45) is 5.92 Å². The lowest BCUT2D eigenvalue weighted by Gasteiger charge is -2.16. The molecular weight excluding hydrogens is 586 g/mol. The minimum absolute atomic E-state index is 0.0341. The zero-order chi connectivity index (χ0) is 31.2. The molecule has 4 aromatic rings. The monoisotopic (exact) mass is 622 g/mol. The van der Waals surface area contributed by atoms with Crippen molar-refractivity contribution in [3.8, 4) is 17.1 Å². The van der Waals surface area contributed by atoms with Crippen LogP contribution in [0.4, 0.5) is 8.78 Å². The number of carbonyl (C=O) groups is 1. The molecule has 0 radical (unpaired) electrons. The molecule has 232 valence electrons. The molecule has 0 bridgehead atoms. The van der Waals surface area contributed by atoms with Gasteiger partial charge in [-0.15, -0.1) is 0 Å². The van der Waals surface area contributed by atoms with Crippen LogP contribution in [0.15, 0.2) is 36.4 Å². The summed E-state index contributed by atoms with van der Waals surface area (Å²) in [6, 6.07) is 10.8. The summed E-state index contributed by atoms with van der Waals surface area (Å²) in [6.07, 6.45) is 7.71. The van der Waals surface area contributed by atoms with E-state index < -0.39 is 17.0 Å². The number of carbonyl (C=O) groups excluding carboxylic acids is 1. The van der Waals surface area contributed by atoms with Crippen LogP contribution in [0, 0.1) is 24.5 Å². The fourth-order valence-electron chi connectivity index (χ4n) is 5.95. The second-order valence-electron chi connectivity index (χ2n) is 12.4. The number of pyridine rings is 2. The van der Waals surface area contributed by atoms with Gasteiger partial charge in [-0.05, 0) is 98.9 Å². The highest BCUT2D eigenvalue weighted by atomic mass is 35.5. The van der Waals surface area contributed by atoms with Crippen LogP contribution in [-0.4, -0.2) is 45.4 Å². The molecule has 2 atom stereocenters. The summed E-state index contributed by atoms with van der Waals surface area (Å²) < 4.78 is 35.4. The van der Waals surface area contributed by atoms with E-state index in [1.807, 2.05) is 17.5 Å². The number of amides is 1. The molecule has 3 aliphatic rings. The van der Waals surface area contributed by atoms with Gasteiger partial charge in [0, 0.05) is 35.2 Å². The first-order valence-corrected chi connectivity index (χ1v) is 15.7. The number of halogens is 3. The fourth-order valence-corrected chi connectivity index (χ4v) is 6.19. The lowest BCUT2D eigenvalue weighted by atomic mass is 9.98. The van der Waals surface area contributed by atoms with Gasteiger partial charge in [0.25, 0.3) is 0 Å². The van der Waals surface area contributed by atoms with E-state index in [1.165, 1.54) is 24.5 Å². The predicted molar refractivity (Wildman–Crippen MR) is 165 cm³/mol. The van der Waals surface area contributed by atoms with Crippen molar-refractivity contribution in [2.75, 3.05) is 13.2 Å². The average Bonchev–Trinajstić information content (AvgIpc) is 3.94. The maximum absolute atomic E-state index is 14.0. The van der Waals surface area contributed by atoms with Gasteiger partial charge in [-0.3, -0.25) is 9.78 Å². The number of fused-ring (bicyclic) bond motifs is 2. The molecule has 2 unspecified atom stereocenters. The largest absolute Gasteiger partial charge is 0.474 e. The van der Waals surface area contributed by atoms with Crippen LogP contribution in [0.1, 0.15) is 79.9 Å². The standard InChI is InChI=1S/C20H19ClF2N2O2.C14H18N2O/c1-20(8-26)13-6-15(12(7-24-9-27)10-2-3-10)25-19(16(13)20)11-4-5-14(22)18(23)17(11)21;1-3-4-11-9-12-7-10(2)8-14(16(12)15-11)17-13-5-6-13/h4-6,9-10,12,26H,2-3,7-8H2,1H3,(H,24,27);7-9,13H,3-6H2,1-2H3. The molecule has 0 saturated heterocycles. The summed E-state index contributed by atoms with van der Waals surface area (Å²) in [7, 11) is 0. The van der Waals surface area contributed by atoms with E-state index in [4.69, 9.17) is 21.3 Å². The number of ether oxygens (including phenoxy) is 1. The van der Waals surface area contributed by atoms with Gasteiger partial charge in [0.1, 0.15) is 6.10 Å². The van der Waals surface area contributed by atoms with Gasteiger partial charge >= 0.3 is 0 Å². The van der Waals surface area contributed by atoms with Gasteiger partial charge in [0.05, 0.1) is 28.5 Å². The van der Waals surface area contributed by atoms with Crippen molar-refractivity contribution in [3.05, 3.63) is 81.1 Å². The maximum atomic E-state index is 14.0. The Hall–Kier alpha value is -3.56. The lowest BCUT2D eigenvalue weighted by Crippen LogP contribution is -2.22. The van der Waals surface area contributed by atoms with Crippen LogP contribution >= 0.6 is 11.6 Å². The molecule has 3 aromatic heterocycles. The van der Waals surface area contributed by atoms with E-state index in [2.05, 4.69) is 42.5 Å². The van der Waals surface area contributed by atoms with E-state index >= 15 is 0 Å². The number of nitrogens with zero attached hydrogens (tertiary/aromatic N) is 3. The van der Waals surface area contributed by atoms with Crippen molar-refractivity contribution >= 4 is 23.5 Å². The molecule has 2 N–H and O–H groups in total. The molecule has 3 aliphatic carbocycles. The van der Waals surface area contributed by atoms with Crippen LogP contribution in [0.2, 0.25) is 5.02 Å². The number of benzene rings is 1. The molecule has 2 fully saturated rings. The Morgan fingerprint density at radius 2 is 1.98 bits per heavy atom. The molecule has 44 heavy (non-hydrogen) atoms. The zero-order valence-electron chi connectivity index (χ0n) is 25.2. The summed E-state index contributed by atoms with van der Waals surface area (Å²) in [6.45, 7) is 6.52. The third kappa shape index (κ3) is 5.92. The van der Waals surface area contributed by atoms with Crippen molar-refractivity contribution in [2.45, 2.75) is 76.7 Å². The maximum Gasteiger partial charge on any atom is 0.215 e. The molecule has 0 spiro atoms.